The van der Waals surface area contributed by atoms with Crippen molar-refractivity contribution in [3.8, 4) is 0 Å². The zero-order valence-electron chi connectivity index (χ0n) is 5.42. The topological polar surface area (TPSA) is 197 Å². The van der Waals surface area contributed by atoms with Gasteiger partial charge in [-0.25, -0.2) is 0 Å². The number of hydrogen-bond donors (Lipinski definition) is 1. The van der Waals surface area contributed by atoms with Crippen LogP contribution in [0.5, 0.6) is 0 Å². The van der Waals surface area contributed by atoms with Crippen LogP contribution in [0, 0.1) is 0 Å². The fourth-order valence-corrected chi connectivity index (χ4v) is 0. The van der Waals surface area contributed by atoms with Gasteiger partial charge in [0.25, 0.3) is 0 Å². The molecular formula is H4Mo2NO8Rh. The van der Waals surface area contributed by atoms with Crippen LogP contribution >= 0.6 is 0 Å². The van der Waals surface area contributed by atoms with Crippen LogP contribution in [0.4, 0.5) is 0 Å². The third kappa shape index (κ3) is 1100. The maximum Gasteiger partial charge on any atom is 3.00 e. The number of quaternary nitrogens is 1. The molecular weight excluding hydrogens is 437 g/mol. The molecule has 9 nitrogen and oxygen atoms in total. The second-order valence-electron chi connectivity index (χ2n) is 0.816. The van der Waals surface area contributed by atoms with Gasteiger partial charge in [0.1, 0.15) is 0 Å². The van der Waals surface area contributed by atoms with E-state index in [1.165, 1.54) is 0 Å². The number of rotatable bonds is 0. The van der Waals surface area contributed by atoms with Gasteiger partial charge in [0, 0.05) is 0 Å². The molecule has 0 aromatic heterocycles. The smallest absolute Gasteiger partial charge is 3.00 e. The second-order valence-corrected chi connectivity index (χ2v) is 4.83. The summed E-state index contributed by atoms with van der Waals surface area (Å²) in [5.74, 6) is 0. The zero-order valence-corrected chi connectivity index (χ0v) is 11.1. The summed E-state index contributed by atoms with van der Waals surface area (Å²) in [6, 6.07) is 0. The van der Waals surface area contributed by atoms with E-state index >= 15 is 0 Å². The predicted molar refractivity (Wildman–Crippen MR) is 8.73 cm³/mol. The van der Waals surface area contributed by atoms with Gasteiger partial charge < -0.3 is 6.15 Å². The van der Waals surface area contributed by atoms with Crippen LogP contribution in [0.3, 0.4) is 0 Å². The Bertz CT molecular complexity index is 213. The second kappa shape index (κ2) is 8.59. The van der Waals surface area contributed by atoms with Gasteiger partial charge in [-0.3, -0.25) is 0 Å². The summed E-state index contributed by atoms with van der Waals surface area (Å²) in [4.78, 5) is 0. The summed E-state index contributed by atoms with van der Waals surface area (Å²) in [7, 11) is 0. The Balaban J connectivity index is -0.0000000457. The Morgan fingerprint density at radius 1 is 0.667 bits per heavy atom. The van der Waals surface area contributed by atoms with E-state index in [0.29, 0.717) is 0 Å². The van der Waals surface area contributed by atoms with Crippen molar-refractivity contribution in [2.24, 2.45) is 0 Å². The predicted octanol–water partition coefficient (Wildman–Crippen LogP) is -4.86. The van der Waals surface area contributed by atoms with Crippen LogP contribution < -0.4 is 21.2 Å². The fourth-order valence-electron chi connectivity index (χ4n) is 0. The van der Waals surface area contributed by atoms with E-state index in [1.807, 2.05) is 0 Å². The Morgan fingerprint density at radius 3 is 0.667 bits per heavy atom. The van der Waals surface area contributed by atoms with Crippen LogP contribution in [0.2, 0.25) is 0 Å². The molecule has 0 atom stereocenters. The molecule has 0 unspecified atom stereocenters. The van der Waals surface area contributed by atoms with E-state index in [-0.39, 0.29) is 25.6 Å². The molecule has 0 fully saturated rings. The molecule has 0 saturated carbocycles. The minimum absolute atomic E-state index is 0. The van der Waals surface area contributed by atoms with Gasteiger partial charge in [-0.05, 0) is 0 Å². The average Bonchev–Trinajstić information content (AvgIpc) is 1.12. The summed E-state index contributed by atoms with van der Waals surface area (Å²) in [5, 5.41) is 0. The van der Waals surface area contributed by atoms with Crippen molar-refractivity contribution >= 4 is 0 Å². The summed E-state index contributed by atoms with van der Waals surface area (Å²) in [5.41, 5.74) is 0. The van der Waals surface area contributed by atoms with Crippen LogP contribution in [-0.4, -0.2) is 0 Å². The molecule has 0 aromatic rings. The van der Waals surface area contributed by atoms with Crippen molar-refractivity contribution in [2.75, 3.05) is 0 Å². The minimum Gasteiger partial charge on any atom is 3.00 e. The zero-order chi connectivity index (χ0) is 9.00. The van der Waals surface area contributed by atoms with Gasteiger partial charge in [-0.2, -0.15) is 0 Å². The minimum atomic E-state index is -6.02. The Labute approximate surface area is 87.2 Å². The van der Waals surface area contributed by atoms with Crippen LogP contribution in [-0.2, 0) is 66.6 Å². The molecule has 12 heavy (non-hydrogen) atoms. The van der Waals surface area contributed by atoms with Crippen LogP contribution in [0.25, 0.3) is 0 Å². The Kier molecular flexibility index (Phi) is 16.5. The van der Waals surface area contributed by atoms with Gasteiger partial charge in [-0.1, -0.05) is 0 Å². The molecule has 0 saturated heterocycles. The monoisotopic (exact) mass is 445 g/mol. The number of hydrogen-bond acceptors (Lipinski definition) is 8. The molecule has 4 N–H and O–H groups in total. The first-order valence-electron chi connectivity index (χ1n) is 1.33. The molecule has 0 radical (unpaired) electrons. The normalized spacial score (nSPS) is 9.67. The summed E-state index contributed by atoms with van der Waals surface area (Å²) < 4.78 is 69.0. The van der Waals surface area contributed by atoms with E-state index in [2.05, 4.69) is 0 Å². The third-order valence-corrected chi connectivity index (χ3v) is 0. The fraction of sp³-hybridized carbons (Fsp3) is 0. The molecule has 0 aliphatic carbocycles. The van der Waals surface area contributed by atoms with Gasteiger partial charge in [-0.15, -0.1) is 0 Å². The molecule has 0 aromatic carbocycles. The van der Waals surface area contributed by atoms with Gasteiger partial charge in [0.05, 0.1) is 0 Å². The van der Waals surface area contributed by atoms with Gasteiger partial charge in [0.15, 0.2) is 0 Å². The van der Waals surface area contributed by atoms with Crippen molar-refractivity contribution in [1.82, 2.24) is 6.15 Å². The van der Waals surface area contributed by atoms with E-state index in [4.69, 9.17) is 28.6 Å². The Morgan fingerprint density at radius 2 is 0.667 bits per heavy atom. The molecule has 0 aliphatic heterocycles. The first-order valence-corrected chi connectivity index (χ1v) is 7.89. The van der Waals surface area contributed by atoms with E-state index < -0.39 is 33.5 Å². The van der Waals surface area contributed by atoms with Crippen molar-refractivity contribution in [3.63, 3.8) is 0 Å². The molecule has 12 heteroatoms. The summed E-state index contributed by atoms with van der Waals surface area (Å²) in [6.45, 7) is 0. The van der Waals surface area contributed by atoms with Crippen molar-refractivity contribution in [1.29, 1.82) is 0 Å². The van der Waals surface area contributed by atoms with E-state index in [1.54, 1.807) is 0 Å². The van der Waals surface area contributed by atoms with Gasteiger partial charge >= 0.3 is 81.6 Å². The first-order chi connectivity index (χ1) is 4.00. The SMILES string of the molecule is [NH4+].[O]=[Mo](=[O])([O-])[O-].[O]=[Mo](=[O])([O-])[O-].[Rh+3]. The molecule has 0 spiro atoms. The Hall–Kier alpha value is 1.00. The maximum atomic E-state index is 8.63. The quantitative estimate of drug-likeness (QED) is 0.361. The molecule has 0 amide bonds. The standard InChI is InChI=1S/2Mo.H3N.8O.Rh/h;;1H3;;;;;;;;;/q;;;;;;;4*-1;+3/p+1. The average molecular weight is 441 g/mol. The third-order valence-electron chi connectivity index (χ3n) is 0. The largest absolute Gasteiger partial charge is 3.00 e. The molecule has 78 valence electrons. The summed E-state index contributed by atoms with van der Waals surface area (Å²) in [6.07, 6.45) is 0. The van der Waals surface area contributed by atoms with Crippen LogP contribution in [0.1, 0.15) is 0 Å². The summed E-state index contributed by atoms with van der Waals surface area (Å²) >= 11 is -12.0. The molecule has 0 heterocycles. The van der Waals surface area contributed by atoms with E-state index in [9.17, 15) is 0 Å². The first kappa shape index (κ1) is 23.1. The van der Waals surface area contributed by atoms with Crippen molar-refractivity contribution in [3.05, 3.63) is 0 Å². The van der Waals surface area contributed by atoms with Crippen molar-refractivity contribution in [2.45, 2.75) is 0 Å². The van der Waals surface area contributed by atoms with Gasteiger partial charge in [0.2, 0.25) is 0 Å². The van der Waals surface area contributed by atoms with Crippen molar-refractivity contribution < 1.29 is 81.6 Å². The molecule has 0 bridgehead atoms. The maximum absolute atomic E-state index is 8.63. The molecule has 0 rings (SSSR count). The van der Waals surface area contributed by atoms with E-state index in [0.717, 1.165) is 0 Å². The van der Waals surface area contributed by atoms with Crippen LogP contribution in [0.15, 0.2) is 0 Å². The molecule has 0 aliphatic rings.